The van der Waals surface area contributed by atoms with Crippen LogP contribution in [0.25, 0.3) is 27.5 Å². The number of H-pyrrole nitrogens is 1. The second-order valence-electron chi connectivity index (χ2n) is 5.46. The van der Waals surface area contributed by atoms with E-state index in [1.54, 1.807) is 6.07 Å². The van der Waals surface area contributed by atoms with Gasteiger partial charge in [0.1, 0.15) is 11.1 Å². The van der Waals surface area contributed by atoms with Crippen molar-refractivity contribution in [3.05, 3.63) is 71.0 Å². The van der Waals surface area contributed by atoms with Gasteiger partial charge in [0.05, 0.1) is 5.02 Å². The molecular weight excluding hydrogens is 296 g/mol. The molecule has 0 saturated heterocycles. The summed E-state index contributed by atoms with van der Waals surface area (Å²) in [5.41, 5.74) is 3.96. The highest BCUT2D eigenvalue weighted by atomic mass is 35.5. The van der Waals surface area contributed by atoms with Crippen LogP contribution < -0.4 is 4.57 Å². The van der Waals surface area contributed by atoms with E-state index in [1.807, 2.05) is 47.2 Å². The van der Waals surface area contributed by atoms with E-state index in [0.717, 1.165) is 27.5 Å². The smallest absolute Gasteiger partial charge is 0.284 e. The van der Waals surface area contributed by atoms with Crippen LogP contribution in [0.1, 0.15) is 16.1 Å². The number of aromatic amines is 1. The molecule has 1 aliphatic heterocycles. The monoisotopic (exact) mass is 305 g/mol. The highest BCUT2D eigenvalue weighted by Gasteiger charge is 2.39. The van der Waals surface area contributed by atoms with Gasteiger partial charge in [-0.1, -0.05) is 35.9 Å². The van der Waals surface area contributed by atoms with Crippen LogP contribution in [0.2, 0.25) is 5.02 Å². The number of hydrogen-bond donors (Lipinski definition) is 1. The van der Waals surface area contributed by atoms with Crippen LogP contribution in [-0.2, 0) is 0 Å². The first-order valence-corrected chi connectivity index (χ1v) is 7.42. The number of nitrogens with zero attached hydrogens (tertiary/aromatic N) is 1. The molecule has 22 heavy (non-hydrogen) atoms. The number of pyridine rings is 1. The number of carbonyl (C=O) groups excluding carboxylic acids is 1. The molecule has 5 rings (SSSR count). The summed E-state index contributed by atoms with van der Waals surface area (Å²) >= 11 is 6.24. The lowest BCUT2D eigenvalue weighted by atomic mass is 10.1. The molecule has 0 bridgehead atoms. The van der Waals surface area contributed by atoms with Gasteiger partial charge in [-0.05, 0) is 12.1 Å². The van der Waals surface area contributed by atoms with Crippen molar-refractivity contribution >= 4 is 39.2 Å². The minimum Gasteiger partial charge on any atom is -0.349 e. The van der Waals surface area contributed by atoms with Crippen molar-refractivity contribution in [1.29, 1.82) is 0 Å². The molecule has 4 aromatic rings. The maximum absolute atomic E-state index is 12.9. The number of hydrogen-bond acceptors (Lipinski definition) is 1. The SMILES string of the molecule is O=C1c2c(Cl)cccc2-[n+]2ccc3c([nH]c4ccccc43)c21. The molecule has 0 atom stereocenters. The second-order valence-corrected chi connectivity index (χ2v) is 5.86. The minimum atomic E-state index is -0.0299. The molecule has 0 aliphatic carbocycles. The normalized spacial score (nSPS) is 12.9. The second kappa shape index (κ2) is 3.96. The van der Waals surface area contributed by atoms with Crippen LogP contribution in [0.15, 0.2) is 54.7 Å². The maximum Gasteiger partial charge on any atom is 0.284 e. The predicted molar refractivity (Wildman–Crippen MR) is 85.8 cm³/mol. The van der Waals surface area contributed by atoms with E-state index >= 15 is 0 Å². The number of rotatable bonds is 0. The molecule has 104 valence electrons. The highest BCUT2D eigenvalue weighted by Crippen LogP contribution is 2.33. The van der Waals surface area contributed by atoms with Crippen LogP contribution in [0, 0.1) is 0 Å². The maximum atomic E-state index is 12.9. The third-order valence-electron chi connectivity index (χ3n) is 4.31. The van der Waals surface area contributed by atoms with Gasteiger partial charge in [0.25, 0.3) is 11.5 Å². The van der Waals surface area contributed by atoms with Crippen molar-refractivity contribution in [2.75, 3.05) is 0 Å². The summed E-state index contributed by atoms with van der Waals surface area (Å²) in [5.74, 6) is -0.0299. The fraction of sp³-hybridized carbons (Fsp3) is 0. The predicted octanol–water partition coefficient (Wildman–Crippen LogP) is 3.80. The van der Waals surface area contributed by atoms with Crippen LogP contribution in [0.3, 0.4) is 0 Å². The molecule has 3 heterocycles. The Hall–Kier alpha value is -2.65. The molecule has 1 aliphatic rings. The van der Waals surface area contributed by atoms with Crippen molar-refractivity contribution in [3.8, 4) is 5.69 Å². The van der Waals surface area contributed by atoms with Gasteiger partial charge in [0.2, 0.25) is 5.69 Å². The number of fused-ring (bicyclic) bond motifs is 7. The molecular formula is C18H10ClN2O+. The van der Waals surface area contributed by atoms with Crippen LogP contribution in [-0.4, -0.2) is 10.8 Å². The molecule has 0 unspecified atom stereocenters. The van der Waals surface area contributed by atoms with Crippen molar-refractivity contribution in [2.45, 2.75) is 0 Å². The number of para-hydroxylation sites is 1. The molecule has 0 amide bonds. The molecule has 3 nitrogen and oxygen atoms in total. The lowest BCUT2D eigenvalue weighted by Gasteiger charge is -1.94. The zero-order valence-corrected chi connectivity index (χ0v) is 12.2. The summed E-state index contributed by atoms with van der Waals surface area (Å²) in [4.78, 5) is 16.3. The van der Waals surface area contributed by atoms with Gasteiger partial charge >= 0.3 is 0 Å². The van der Waals surface area contributed by atoms with Gasteiger partial charge in [0, 0.05) is 28.4 Å². The number of halogens is 1. The minimum absolute atomic E-state index is 0.0299. The summed E-state index contributed by atoms with van der Waals surface area (Å²) in [7, 11) is 0. The molecule has 0 fully saturated rings. The van der Waals surface area contributed by atoms with Crippen molar-refractivity contribution < 1.29 is 9.36 Å². The Balaban J connectivity index is 1.97. The van der Waals surface area contributed by atoms with E-state index in [9.17, 15) is 4.79 Å². The zero-order chi connectivity index (χ0) is 14.8. The van der Waals surface area contributed by atoms with Crippen LogP contribution >= 0.6 is 11.6 Å². The molecule has 0 saturated carbocycles. The van der Waals surface area contributed by atoms with Gasteiger partial charge in [-0.15, -0.1) is 0 Å². The van der Waals surface area contributed by atoms with Crippen LogP contribution in [0.4, 0.5) is 0 Å². The molecule has 0 spiro atoms. The quantitative estimate of drug-likeness (QED) is 0.434. The van der Waals surface area contributed by atoms with E-state index in [4.69, 9.17) is 11.6 Å². The summed E-state index contributed by atoms with van der Waals surface area (Å²) in [6, 6.07) is 15.7. The van der Waals surface area contributed by atoms with E-state index in [2.05, 4.69) is 11.1 Å². The topological polar surface area (TPSA) is 36.7 Å². The Bertz CT molecular complexity index is 1110. The van der Waals surface area contributed by atoms with E-state index in [-0.39, 0.29) is 5.78 Å². The zero-order valence-electron chi connectivity index (χ0n) is 11.4. The molecule has 0 radical (unpaired) electrons. The molecule has 4 heteroatoms. The van der Waals surface area contributed by atoms with Gasteiger partial charge < -0.3 is 4.98 Å². The Morgan fingerprint density at radius 3 is 2.73 bits per heavy atom. The number of aromatic nitrogens is 2. The summed E-state index contributed by atoms with van der Waals surface area (Å²) in [6.07, 6.45) is 1.94. The Morgan fingerprint density at radius 2 is 1.82 bits per heavy atom. The average molecular weight is 306 g/mol. The Labute approximate surface area is 130 Å². The van der Waals surface area contributed by atoms with Gasteiger partial charge in [0.15, 0.2) is 6.20 Å². The van der Waals surface area contributed by atoms with Crippen molar-refractivity contribution in [1.82, 2.24) is 4.98 Å². The summed E-state index contributed by atoms with van der Waals surface area (Å²) in [5, 5.41) is 2.67. The van der Waals surface area contributed by atoms with E-state index in [1.165, 1.54) is 0 Å². The fourth-order valence-corrected chi connectivity index (χ4v) is 3.60. The third-order valence-corrected chi connectivity index (χ3v) is 4.62. The lowest BCUT2D eigenvalue weighted by Crippen LogP contribution is -2.31. The first kappa shape index (κ1) is 12.0. The third kappa shape index (κ3) is 1.32. The first-order chi connectivity index (χ1) is 10.8. The number of benzene rings is 2. The molecule has 1 N–H and O–H groups in total. The van der Waals surface area contributed by atoms with Gasteiger partial charge in [-0.3, -0.25) is 4.79 Å². The number of carbonyl (C=O) groups is 1. The number of nitrogens with one attached hydrogen (secondary N) is 1. The Kier molecular flexibility index (Phi) is 2.15. The largest absolute Gasteiger partial charge is 0.349 e. The first-order valence-electron chi connectivity index (χ1n) is 7.04. The Morgan fingerprint density at radius 1 is 0.955 bits per heavy atom. The van der Waals surface area contributed by atoms with Crippen molar-refractivity contribution in [2.24, 2.45) is 0 Å². The molecule has 2 aromatic carbocycles. The van der Waals surface area contributed by atoms with Gasteiger partial charge in [-0.2, -0.15) is 4.57 Å². The highest BCUT2D eigenvalue weighted by molar-refractivity contribution is 6.36. The van der Waals surface area contributed by atoms with Crippen LogP contribution in [0.5, 0.6) is 0 Å². The summed E-state index contributed by atoms with van der Waals surface area (Å²) < 4.78 is 1.92. The number of ketones is 1. The van der Waals surface area contributed by atoms with Gasteiger partial charge in [-0.25, -0.2) is 0 Å². The van der Waals surface area contributed by atoms with E-state index < -0.39 is 0 Å². The van der Waals surface area contributed by atoms with E-state index in [0.29, 0.717) is 16.3 Å². The summed E-state index contributed by atoms with van der Waals surface area (Å²) in [6.45, 7) is 0. The fourth-order valence-electron chi connectivity index (χ4n) is 3.35. The van der Waals surface area contributed by atoms with Crippen molar-refractivity contribution in [3.63, 3.8) is 0 Å². The molecule has 2 aromatic heterocycles. The standard InChI is InChI=1S/C18H9ClN2O/c19-12-5-3-7-14-15(12)18(22)17-16-11(8-9-21(14)17)10-4-1-2-6-13(10)20-16/h1-9H/p+1. The average Bonchev–Trinajstić information content (AvgIpc) is 3.04. The lowest BCUT2D eigenvalue weighted by molar-refractivity contribution is -0.592.